The van der Waals surface area contributed by atoms with Gasteiger partial charge in [-0.05, 0) is 19.4 Å². The highest BCUT2D eigenvalue weighted by molar-refractivity contribution is 5.94. The number of carbonyl (C=O) groups excluding carboxylic acids is 1. The van der Waals surface area contributed by atoms with Crippen molar-refractivity contribution >= 4 is 11.6 Å². The molecule has 0 aliphatic heterocycles. The van der Waals surface area contributed by atoms with Crippen LogP contribution in [-0.2, 0) is 0 Å². The van der Waals surface area contributed by atoms with Crippen LogP contribution < -0.4 is 5.32 Å². The fourth-order valence-corrected chi connectivity index (χ4v) is 3.06. The van der Waals surface area contributed by atoms with E-state index in [1.807, 2.05) is 86.6 Å². The van der Waals surface area contributed by atoms with Gasteiger partial charge in [0.15, 0.2) is 5.65 Å². The molecule has 2 heterocycles. The maximum absolute atomic E-state index is 12.7. The van der Waals surface area contributed by atoms with Crippen molar-refractivity contribution in [3.63, 3.8) is 0 Å². The lowest BCUT2D eigenvalue weighted by atomic mass is 10.1. The third kappa shape index (κ3) is 3.51. The molecule has 0 bridgehead atoms. The first kappa shape index (κ1) is 17.9. The van der Waals surface area contributed by atoms with Crippen molar-refractivity contribution in [3.05, 3.63) is 78.5 Å². The van der Waals surface area contributed by atoms with Gasteiger partial charge < -0.3 is 5.32 Å². The third-order valence-electron chi connectivity index (χ3n) is 4.79. The molecule has 140 valence electrons. The van der Waals surface area contributed by atoms with Gasteiger partial charge >= 0.3 is 0 Å². The Morgan fingerprint density at radius 2 is 1.64 bits per heavy atom. The van der Waals surface area contributed by atoms with E-state index >= 15 is 0 Å². The summed E-state index contributed by atoms with van der Waals surface area (Å²) in [5.41, 5.74) is 4.69. The summed E-state index contributed by atoms with van der Waals surface area (Å²) in [6, 6.07) is 23.7. The van der Waals surface area contributed by atoms with Gasteiger partial charge in [-0.1, -0.05) is 67.6 Å². The number of hydrogen-bond donors (Lipinski definition) is 1. The fourth-order valence-electron chi connectivity index (χ4n) is 3.06. The van der Waals surface area contributed by atoms with E-state index in [1.165, 1.54) is 0 Å². The summed E-state index contributed by atoms with van der Waals surface area (Å²) in [7, 11) is 0. The molecule has 0 saturated heterocycles. The second-order valence-corrected chi connectivity index (χ2v) is 6.84. The zero-order valence-electron chi connectivity index (χ0n) is 16.0. The van der Waals surface area contributed by atoms with E-state index in [2.05, 4.69) is 10.3 Å². The minimum absolute atomic E-state index is 0.0930. The van der Waals surface area contributed by atoms with Crippen LogP contribution >= 0.6 is 0 Å². The van der Waals surface area contributed by atoms with Crippen LogP contribution in [0.15, 0.2) is 72.8 Å². The topological polar surface area (TPSA) is 59.3 Å². The second-order valence-electron chi connectivity index (χ2n) is 6.84. The molecular formula is C23H22N4O. The van der Waals surface area contributed by atoms with Crippen LogP contribution in [0.25, 0.3) is 28.2 Å². The first-order chi connectivity index (χ1) is 13.7. The van der Waals surface area contributed by atoms with Crippen molar-refractivity contribution in [3.8, 4) is 22.5 Å². The molecule has 0 spiro atoms. The van der Waals surface area contributed by atoms with Crippen molar-refractivity contribution in [2.24, 2.45) is 0 Å². The Bertz CT molecular complexity index is 1100. The summed E-state index contributed by atoms with van der Waals surface area (Å²) in [5.74, 6) is -0.170. The van der Waals surface area contributed by atoms with E-state index in [4.69, 9.17) is 5.10 Å². The molecule has 1 N–H and O–H groups in total. The molecule has 0 aliphatic carbocycles. The minimum atomic E-state index is -0.170. The molecule has 1 atom stereocenters. The molecule has 0 radical (unpaired) electrons. The van der Waals surface area contributed by atoms with Crippen LogP contribution in [0.5, 0.6) is 0 Å². The number of nitrogens with zero attached hydrogens (tertiary/aromatic N) is 3. The normalized spacial score (nSPS) is 12.1. The molecule has 5 nitrogen and oxygen atoms in total. The zero-order valence-corrected chi connectivity index (χ0v) is 16.0. The summed E-state index contributed by atoms with van der Waals surface area (Å²) in [6.07, 6.45) is 0.865. The Balaban J connectivity index is 1.88. The predicted molar refractivity (Wildman–Crippen MR) is 111 cm³/mol. The molecular weight excluding hydrogens is 348 g/mol. The number of rotatable bonds is 5. The fraction of sp³-hybridized carbons (Fsp3) is 0.174. The summed E-state index contributed by atoms with van der Waals surface area (Å²) in [6.45, 7) is 4.03. The van der Waals surface area contributed by atoms with Gasteiger partial charge in [0.1, 0.15) is 5.69 Å². The van der Waals surface area contributed by atoms with Crippen molar-refractivity contribution in [1.29, 1.82) is 0 Å². The number of aromatic nitrogens is 3. The number of fused-ring (bicyclic) bond motifs is 1. The molecule has 0 aliphatic rings. The number of carbonyl (C=O) groups is 1. The molecule has 28 heavy (non-hydrogen) atoms. The van der Waals surface area contributed by atoms with Crippen molar-refractivity contribution < 1.29 is 4.79 Å². The van der Waals surface area contributed by atoms with Gasteiger partial charge in [-0.2, -0.15) is 5.10 Å². The lowest BCUT2D eigenvalue weighted by Crippen LogP contribution is -2.32. The monoisotopic (exact) mass is 370 g/mol. The quantitative estimate of drug-likeness (QED) is 0.559. The van der Waals surface area contributed by atoms with Crippen LogP contribution in [0.1, 0.15) is 30.8 Å². The maximum Gasteiger partial charge on any atom is 0.270 e. The molecule has 2 aromatic heterocycles. The number of amides is 1. The average Bonchev–Trinajstić information content (AvgIpc) is 3.18. The van der Waals surface area contributed by atoms with E-state index in [0.29, 0.717) is 11.3 Å². The zero-order chi connectivity index (χ0) is 19.5. The molecule has 0 saturated carbocycles. The summed E-state index contributed by atoms with van der Waals surface area (Å²) in [4.78, 5) is 17.3. The lowest BCUT2D eigenvalue weighted by Gasteiger charge is -2.12. The molecule has 4 rings (SSSR count). The van der Waals surface area contributed by atoms with Crippen LogP contribution in [-0.4, -0.2) is 26.5 Å². The predicted octanol–water partition coefficient (Wildman–Crippen LogP) is 4.59. The molecule has 1 unspecified atom stereocenters. The number of benzene rings is 2. The van der Waals surface area contributed by atoms with Crippen LogP contribution in [0.2, 0.25) is 0 Å². The molecule has 4 aromatic rings. The maximum atomic E-state index is 12.7. The second kappa shape index (κ2) is 7.64. The molecule has 1 amide bonds. The highest BCUT2D eigenvalue weighted by Gasteiger charge is 2.17. The lowest BCUT2D eigenvalue weighted by molar-refractivity contribution is 0.0934. The Labute approximate surface area is 164 Å². The Kier molecular flexibility index (Phi) is 4.89. The van der Waals surface area contributed by atoms with Gasteiger partial charge in [-0.15, -0.1) is 0 Å². The van der Waals surface area contributed by atoms with Gasteiger partial charge in [-0.3, -0.25) is 4.79 Å². The van der Waals surface area contributed by atoms with E-state index in [-0.39, 0.29) is 11.9 Å². The van der Waals surface area contributed by atoms with Crippen LogP contribution in [0.4, 0.5) is 0 Å². The summed E-state index contributed by atoms with van der Waals surface area (Å²) in [5, 5.41) is 7.76. The van der Waals surface area contributed by atoms with Crippen molar-refractivity contribution in [1.82, 2.24) is 19.9 Å². The first-order valence-electron chi connectivity index (χ1n) is 9.48. The first-order valence-corrected chi connectivity index (χ1v) is 9.48. The van der Waals surface area contributed by atoms with Crippen molar-refractivity contribution in [2.45, 2.75) is 26.3 Å². The highest BCUT2D eigenvalue weighted by Crippen LogP contribution is 2.25. The van der Waals surface area contributed by atoms with Gasteiger partial charge in [0.05, 0.1) is 11.4 Å². The van der Waals surface area contributed by atoms with Gasteiger partial charge in [-0.25, -0.2) is 9.50 Å². The SMILES string of the molecule is CCC(C)NC(=O)c1cc(-c2ccccc2)n2nc(-c3ccccc3)cc2n1. The van der Waals surface area contributed by atoms with E-state index in [0.717, 1.165) is 28.9 Å². The minimum Gasteiger partial charge on any atom is -0.348 e. The highest BCUT2D eigenvalue weighted by atomic mass is 16.1. The Morgan fingerprint density at radius 3 is 2.29 bits per heavy atom. The van der Waals surface area contributed by atoms with Gasteiger partial charge in [0.25, 0.3) is 5.91 Å². The van der Waals surface area contributed by atoms with Crippen LogP contribution in [0, 0.1) is 0 Å². The summed E-state index contributed by atoms with van der Waals surface area (Å²) < 4.78 is 1.80. The van der Waals surface area contributed by atoms with Crippen molar-refractivity contribution in [2.75, 3.05) is 0 Å². The molecule has 5 heteroatoms. The van der Waals surface area contributed by atoms with E-state index < -0.39 is 0 Å². The van der Waals surface area contributed by atoms with Gasteiger partial charge in [0, 0.05) is 23.2 Å². The Hall–Kier alpha value is -3.47. The molecule has 0 fully saturated rings. The summed E-state index contributed by atoms with van der Waals surface area (Å²) >= 11 is 0. The number of nitrogens with one attached hydrogen (secondary N) is 1. The Morgan fingerprint density at radius 1 is 1.00 bits per heavy atom. The molecule has 2 aromatic carbocycles. The average molecular weight is 370 g/mol. The van der Waals surface area contributed by atoms with E-state index in [9.17, 15) is 4.79 Å². The van der Waals surface area contributed by atoms with E-state index in [1.54, 1.807) is 4.52 Å². The van der Waals surface area contributed by atoms with Gasteiger partial charge in [0.2, 0.25) is 0 Å². The third-order valence-corrected chi connectivity index (χ3v) is 4.79. The standard InChI is InChI=1S/C23H22N4O/c1-3-16(2)24-23(28)20-14-21(18-12-8-5-9-13-18)27-22(25-20)15-19(26-27)17-10-6-4-7-11-17/h4-16H,3H2,1-2H3,(H,24,28). The van der Waals surface area contributed by atoms with Crippen LogP contribution in [0.3, 0.4) is 0 Å². The largest absolute Gasteiger partial charge is 0.348 e. The smallest absolute Gasteiger partial charge is 0.270 e. The number of hydrogen-bond acceptors (Lipinski definition) is 3.